The van der Waals surface area contributed by atoms with Gasteiger partial charge in [-0.25, -0.2) is 0 Å². The standard InChI is InChI=1S/C14H20O2/c1-14(2,3)13(15)9-10-16-11-12-7-5-4-6-8-12/h4-8H,9-11H2,1-3H3. The first-order valence-electron chi connectivity index (χ1n) is 5.65. The fourth-order valence-corrected chi connectivity index (χ4v) is 1.30. The van der Waals surface area contributed by atoms with E-state index in [-0.39, 0.29) is 11.2 Å². The van der Waals surface area contributed by atoms with Crippen molar-refractivity contribution in [3.8, 4) is 0 Å². The van der Waals surface area contributed by atoms with E-state index in [2.05, 4.69) is 0 Å². The van der Waals surface area contributed by atoms with Gasteiger partial charge in [-0.15, -0.1) is 0 Å². The highest BCUT2D eigenvalue weighted by molar-refractivity contribution is 5.83. The molecular formula is C14H20O2. The zero-order chi connectivity index (χ0) is 12.0. The predicted octanol–water partition coefficient (Wildman–Crippen LogP) is 3.21. The van der Waals surface area contributed by atoms with E-state index in [0.29, 0.717) is 19.6 Å². The molecule has 0 atom stereocenters. The summed E-state index contributed by atoms with van der Waals surface area (Å²) in [6.07, 6.45) is 0.496. The number of hydrogen-bond donors (Lipinski definition) is 0. The fraction of sp³-hybridized carbons (Fsp3) is 0.500. The van der Waals surface area contributed by atoms with Crippen LogP contribution < -0.4 is 0 Å². The average molecular weight is 220 g/mol. The lowest BCUT2D eigenvalue weighted by Gasteiger charge is -2.16. The molecule has 1 rings (SSSR count). The average Bonchev–Trinajstić information content (AvgIpc) is 2.24. The van der Waals surface area contributed by atoms with Gasteiger partial charge >= 0.3 is 0 Å². The van der Waals surface area contributed by atoms with Gasteiger partial charge in [0.2, 0.25) is 0 Å². The van der Waals surface area contributed by atoms with Crippen molar-refractivity contribution in [2.75, 3.05) is 6.61 Å². The van der Waals surface area contributed by atoms with E-state index in [0.717, 1.165) is 5.56 Å². The maximum atomic E-state index is 11.6. The third-order valence-corrected chi connectivity index (χ3v) is 2.42. The normalized spacial score (nSPS) is 11.4. The van der Waals surface area contributed by atoms with Crippen LogP contribution in [0, 0.1) is 5.41 Å². The van der Waals surface area contributed by atoms with Crippen LogP contribution in [-0.2, 0) is 16.1 Å². The van der Waals surface area contributed by atoms with Crippen LogP contribution in [0.5, 0.6) is 0 Å². The summed E-state index contributed by atoms with van der Waals surface area (Å²) in [7, 11) is 0. The largest absolute Gasteiger partial charge is 0.376 e. The minimum absolute atomic E-state index is 0.251. The highest BCUT2D eigenvalue weighted by Crippen LogP contribution is 2.16. The molecule has 0 unspecified atom stereocenters. The molecule has 0 fully saturated rings. The van der Waals surface area contributed by atoms with Gasteiger partial charge in [0.05, 0.1) is 13.2 Å². The van der Waals surface area contributed by atoms with Crippen LogP contribution >= 0.6 is 0 Å². The van der Waals surface area contributed by atoms with Gasteiger partial charge in [0.1, 0.15) is 5.78 Å². The summed E-state index contributed by atoms with van der Waals surface area (Å²) in [5.41, 5.74) is 0.890. The lowest BCUT2D eigenvalue weighted by atomic mass is 9.89. The van der Waals surface area contributed by atoms with Gasteiger partial charge in [-0.2, -0.15) is 0 Å². The minimum Gasteiger partial charge on any atom is -0.376 e. The zero-order valence-corrected chi connectivity index (χ0v) is 10.3. The molecule has 0 bridgehead atoms. The van der Waals surface area contributed by atoms with Crippen molar-refractivity contribution in [2.45, 2.75) is 33.8 Å². The summed E-state index contributed by atoms with van der Waals surface area (Å²) < 4.78 is 5.46. The molecule has 0 aliphatic rings. The number of benzene rings is 1. The number of carbonyl (C=O) groups excluding carboxylic acids is 1. The lowest BCUT2D eigenvalue weighted by molar-refractivity contribution is -0.127. The molecule has 0 N–H and O–H groups in total. The molecule has 0 aliphatic heterocycles. The van der Waals surface area contributed by atoms with Gasteiger partial charge in [-0.05, 0) is 5.56 Å². The molecule has 0 heterocycles. The SMILES string of the molecule is CC(C)(C)C(=O)CCOCc1ccccc1. The zero-order valence-electron chi connectivity index (χ0n) is 10.3. The van der Waals surface area contributed by atoms with E-state index in [9.17, 15) is 4.79 Å². The summed E-state index contributed by atoms with van der Waals surface area (Å²) in [5, 5.41) is 0. The van der Waals surface area contributed by atoms with Crippen LogP contribution in [0.15, 0.2) is 30.3 Å². The number of Topliss-reactive ketones (excluding diaryl/α,β-unsaturated/α-hetero) is 1. The Bertz CT molecular complexity index is 322. The predicted molar refractivity (Wildman–Crippen MR) is 65.2 cm³/mol. The molecule has 0 spiro atoms. The third kappa shape index (κ3) is 4.58. The Morgan fingerprint density at radius 2 is 1.81 bits per heavy atom. The molecule has 0 aromatic heterocycles. The molecule has 88 valence electrons. The van der Waals surface area contributed by atoms with E-state index in [1.54, 1.807) is 0 Å². The number of carbonyl (C=O) groups is 1. The highest BCUT2D eigenvalue weighted by atomic mass is 16.5. The van der Waals surface area contributed by atoms with Crippen molar-refractivity contribution in [3.63, 3.8) is 0 Å². The van der Waals surface area contributed by atoms with Crippen molar-refractivity contribution >= 4 is 5.78 Å². The first-order valence-corrected chi connectivity index (χ1v) is 5.65. The van der Waals surface area contributed by atoms with Crippen molar-refractivity contribution in [2.24, 2.45) is 5.41 Å². The molecule has 0 amide bonds. The molecule has 16 heavy (non-hydrogen) atoms. The first kappa shape index (κ1) is 12.9. The Hall–Kier alpha value is -1.15. The van der Waals surface area contributed by atoms with Crippen LogP contribution in [0.1, 0.15) is 32.8 Å². The molecule has 1 aromatic rings. The Labute approximate surface area is 97.6 Å². The molecule has 0 saturated heterocycles. The summed E-state index contributed by atoms with van der Waals surface area (Å²) in [4.78, 5) is 11.6. The van der Waals surface area contributed by atoms with E-state index < -0.39 is 0 Å². The van der Waals surface area contributed by atoms with Crippen LogP contribution in [0.2, 0.25) is 0 Å². The van der Waals surface area contributed by atoms with Crippen molar-refractivity contribution < 1.29 is 9.53 Å². The number of hydrogen-bond acceptors (Lipinski definition) is 2. The van der Waals surface area contributed by atoms with E-state index in [4.69, 9.17) is 4.74 Å². The fourth-order valence-electron chi connectivity index (χ4n) is 1.30. The van der Waals surface area contributed by atoms with Gasteiger partial charge in [0.15, 0.2) is 0 Å². The van der Waals surface area contributed by atoms with Gasteiger partial charge in [-0.1, -0.05) is 51.1 Å². The number of rotatable bonds is 5. The summed E-state index contributed by atoms with van der Waals surface area (Å²) >= 11 is 0. The first-order chi connectivity index (χ1) is 7.50. The number of ether oxygens (including phenoxy) is 1. The molecule has 0 saturated carbocycles. The van der Waals surface area contributed by atoms with Gasteiger partial charge < -0.3 is 4.74 Å². The minimum atomic E-state index is -0.254. The highest BCUT2D eigenvalue weighted by Gasteiger charge is 2.20. The van der Waals surface area contributed by atoms with E-state index >= 15 is 0 Å². The maximum absolute atomic E-state index is 11.6. The quantitative estimate of drug-likeness (QED) is 0.712. The van der Waals surface area contributed by atoms with Crippen molar-refractivity contribution in [1.82, 2.24) is 0 Å². The maximum Gasteiger partial charge on any atom is 0.140 e. The second-order valence-corrected chi connectivity index (χ2v) is 4.96. The van der Waals surface area contributed by atoms with E-state index in [1.807, 2.05) is 51.1 Å². The monoisotopic (exact) mass is 220 g/mol. The Balaban J connectivity index is 2.20. The smallest absolute Gasteiger partial charge is 0.140 e. The van der Waals surface area contributed by atoms with E-state index in [1.165, 1.54) is 0 Å². The van der Waals surface area contributed by atoms with Crippen LogP contribution in [0.3, 0.4) is 0 Å². The molecule has 1 aromatic carbocycles. The van der Waals surface area contributed by atoms with Crippen molar-refractivity contribution in [3.05, 3.63) is 35.9 Å². The second-order valence-electron chi connectivity index (χ2n) is 4.96. The topological polar surface area (TPSA) is 26.3 Å². The molecule has 0 aliphatic carbocycles. The summed E-state index contributed by atoms with van der Waals surface area (Å²) in [5.74, 6) is 0.251. The Morgan fingerprint density at radius 1 is 1.19 bits per heavy atom. The Morgan fingerprint density at radius 3 is 2.38 bits per heavy atom. The summed E-state index contributed by atoms with van der Waals surface area (Å²) in [6.45, 7) is 6.90. The van der Waals surface area contributed by atoms with Crippen LogP contribution in [0.25, 0.3) is 0 Å². The Kier molecular flexibility index (Phi) is 4.69. The molecule has 2 nitrogen and oxygen atoms in total. The molecular weight excluding hydrogens is 200 g/mol. The van der Waals surface area contributed by atoms with Crippen molar-refractivity contribution in [1.29, 1.82) is 0 Å². The molecule has 0 radical (unpaired) electrons. The van der Waals surface area contributed by atoms with Crippen LogP contribution in [0.4, 0.5) is 0 Å². The third-order valence-electron chi connectivity index (χ3n) is 2.42. The van der Waals surface area contributed by atoms with Gasteiger partial charge in [0, 0.05) is 11.8 Å². The van der Waals surface area contributed by atoms with Gasteiger partial charge in [0.25, 0.3) is 0 Å². The van der Waals surface area contributed by atoms with Gasteiger partial charge in [-0.3, -0.25) is 4.79 Å². The molecule has 2 heteroatoms. The second kappa shape index (κ2) is 5.80. The lowest BCUT2D eigenvalue weighted by Crippen LogP contribution is -2.21. The van der Waals surface area contributed by atoms with Crippen LogP contribution in [-0.4, -0.2) is 12.4 Å². The number of ketones is 1. The summed E-state index contributed by atoms with van der Waals surface area (Å²) in [6, 6.07) is 9.99.